The van der Waals surface area contributed by atoms with Crippen LogP contribution >= 0.6 is 0 Å². The molecule has 0 aliphatic carbocycles. The molecule has 19 heavy (non-hydrogen) atoms. The quantitative estimate of drug-likeness (QED) is 0.866. The van der Waals surface area contributed by atoms with Gasteiger partial charge in [0.25, 0.3) is 0 Å². The van der Waals surface area contributed by atoms with Gasteiger partial charge in [-0.15, -0.1) is 0 Å². The second-order valence-corrected chi connectivity index (χ2v) is 4.62. The average Bonchev–Trinajstić information content (AvgIpc) is 2.90. The summed E-state index contributed by atoms with van der Waals surface area (Å²) in [5.74, 6) is 0.512. The molecule has 1 amide bonds. The molecule has 1 aromatic heterocycles. The standard InChI is InChI=1S/C15H18N2O2/c1-10-8-12(15(16)18)5-6-13(10)9-17-11(2)14-4-3-7-19-14/h3-8,11,17H,9H2,1-2H3,(H2,16,18)/t11-/m1/s1. The third-order valence-electron chi connectivity index (χ3n) is 3.20. The summed E-state index contributed by atoms with van der Waals surface area (Å²) in [5.41, 5.74) is 7.99. The van der Waals surface area contributed by atoms with Crippen molar-refractivity contribution in [1.29, 1.82) is 0 Å². The average molecular weight is 258 g/mol. The predicted octanol–water partition coefficient (Wildman–Crippen LogP) is 2.54. The van der Waals surface area contributed by atoms with Gasteiger partial charge in [-0.2, -0.15) is 0 Å². The van der Waals surface area contributed by atoms with Crippen molar-refractivity contribution in [2.45, 2.75) is 26.4 Å². The van der Waals surface area contributed by atoms with Crippen LogP contribution in [0.4, 0.5) is 0 Å². The largest absolute Gasteiger partial charge is 0.468 e. The molecule has 0 aliphatic heterocycles. The van der Waals surface area contributed by atoms with Gasteiger partial charge in [0, 0.05) is 12.1 Å². The Bertz CT molecular complexity index is 562. The Kier molecular flexibility index (Phi) is 4.02. The molecule has 4 nitrogen and oxygen atoms in total. The van der Waals surface area contributed by atoms with E-state index in [2.05, 4.69) is 5.32 Å². The Labute approximate surface area is 112 Å². The zero-order valence-corrected chi connectivity index (χ0v) is 11.1. The van der Waals surface area contributed by atoms with Gasteiger partial charge in [-0.05, 0) is 49.2 Å². The number of rotatable bonds is 5. The van der Waals surface area contributed by atoms with Gasteiger partial charge in [0.15, 0.2) is 0 Å². The van der Waals surface area contributed by atoms with Gasteiger partial charge < -0.3 is 15.5 Å². The molecule has 4 heteroatoms. The lowest BCUT2D eigenvalue weighted by molar-refractivity contribution is 0.1000. The summed E-state index contributed by atoms with van der Waals surface area (Å²) in [7, 11) is 0. The van der Waals surface area contributed by atoms with E-state index in [1.807, 2.05) is 38.1 Å². The van der Waals surface area contributed by atoms with Gasteiger partial charge in [0.1, 0.15) is 5.76 Å². The summed E-state index contributed by atoms with van der Waals surface area (Å²) >= 11 is 0. The Hall–Kier alpha value is -2.07. The molecule has 1 atom stereocenters. The topological polar surface area (TPSA) is 68.3 Å². The zero-order valence-electron chi connectivity index (χ0n) is 11.1. The summed E-state index contributed by atoms with van der Waals surface area (Å²) in [6.45, 7) is 4.74. The maximum absolute atomic E-state index is 11.1. The van der Waals surface area contributed by atoms with Crippen molar-refractivity contribution in [3.05, 3.63) is 59.0 Å². The fourth-order valence-electron chi connectivity index (χ4n) is 1.95. The third kappa shape index (κ3) is 3.23. The fourth-order valence-corrected chi connectivity index (χ4v) is 1.95. The Morgan fingerprint density at radius 1 is 1.42 bits per heavy atom. The van der Waals surface area contributed by atoms with Crippen LogP contribution in [0.25, 0.3) is 0 Å². The lowest BCUT2D eigenvalue weighted by atomic mass is 10.0. The first-order valence-electron chi connectivity index (χ1n) is 6.24. The summed E-state index contributed by atoms with van der Waals surface area (Å²) in [4.78, 5) is 11.1. The zero-order chi connectivity index (χ0) is 13.8. The van der Waals surface area contributed by atoms with Gasteiger partial charge in [-0.25, -0.2) is 0 Å². The fraction of sp³-hybridized carbons (Fsp3) is 0.267. The molecule has 100 valence electrons. The molecule has 0 unspecified atom stereocenters. The first-order valence-corrected chi connectivity index (χ1v) is 6.24. The number of hydrogen-bond acceptors (Lipinski definition) is 3. The predicted molar refractivity (Wildman–Crippen MR) is 73.7 cm³/mol. The second-order valence-electron chi connectivity index (χ2n) is 4.62. The monoisotopic (exact) mass is 258 g/mol. The second kappa shape index (κ2) is 5.71. The van der Waals surface area contributed by atoms with E-state index in [1.54, 1.807) is 12.3 Å². The highest BCUT2D eigenvalue weighted by Crippen LogP contribution is 2.15. The van der Waals surface area contributed by atoms with E-state index in [1.165, 1.54) is 0 Å². The highest BCUT2D eigenvalue weighted by Gasteiger charge is 2.09. The number of primary amides is 1. The SMILES string of the molecule is Cc1cc(C(N)=O)ccc1CN[C@H](C)c1ccco1. The lowest BCUT2D eigenvalue weighted by Gasteiger charge is -2.13. The van der Waals surface area contributed by atoms with Crippen LogP contribution < -0.4 is 11.1 Å². The van der Waals surface area contributed by atoms with Crippen LogP contribution in [0.1, 0.15) is 40.2 Å². The molecule has 2 rings (SSSR count). The summed E-state index contributed by atoms with van der Waals surface area (Å²) in [6.07, 6.45) is 1.67. The number of benzene rings is 1. The lowest BCUT2D eigenvalue weighted by Crippen LogP contribution is -2.18. The molecular weight excluding hydrogens is 240 g/mol. The van der Waals surface area contributed by atoms with Gasteiger partial charge in [-0.1, -0.05) is 6.07 Å². The molecule has 2 aromatic rings. The van der Waals surface area contributed by atoms with Gasteiger partial charge in [-0.3, -0.25) is 4.79 Å². The molecule has 0 bridgehead atoms. The molecule has 0 saturated heterocycles. The molecule has 1 aromatic carbocycles. The Morgan fingerprint density at radius 3 is 2.79 bits per heavy atom. The van der Waals surface area contributed by atoms with Gasteiger partial charge >= 0.3 is 0 Å². The molecule has 0 radical (unpaired) electrons. The molecule has 0 aliphatic rings. The summed E-state index contributed by atoms with van der Waals surface area (Å²) < 4.78 is 5.34. The number of carbonyl (C=O) groups excluding carboxylic acids is 1. The molecule has 1 heterocycles. The van der Waals surface area contributed by atoms with Crippen molar-refractivity contribution in [2.24, 2.45) is 5.73 Å². The van der Waals surface area contributed by atoms with Crippen molar-refractivity contribution in [3.8, 4) is 0 Å². The number of carbonyl (C=O) groups is 1. The minimum atomic E-state index is -0.397. The smallest absolute Gasteiger partial charge is 0.248 e. The van der Waals surface area contributed by atoms with E-state index in [9.17, 15) is 4.79 Å². The van der Waals surface area contributed by atoms with Crippen LogP contribution in [-0.2, 0) is 6.54 Å². The molecule has 0 spiro atoms. The van der Waals surface area contributed by atoms with Crippen LogP contribution in [0, 0.1) is 6.92 Å². The van der Waals surface area contributed by atoms with Crippen LogP contribution in [0.3, 0.4) is 0 Å². The number of furan rings is 1. The third-order valence-corrected chi connectivity index (χ3v) is 3.20. The van der Waals surface area contributed by atoms with E-state index in [0.29, 0.717) is 12.1 Å². The first-order chi connectivity index (χ1) is 9.08. The van der Waals surface area contributed by atoms with Gasteiger partial charge in [0.2, 0.25) is 5.91 Å². The highest BCUT2D eigenvalue weighted by atomic mass is 16.3. The molecular formula is C15H18N2O2. The normalized spacial score (nSPS) is 12.3. The van der Waals surface area contributed by atoms with Crippen LogP contribution in [0.15, 0.2) is 41.0 Å². The maximum Gasteiger partial charge on any atom is 0.248 e. The number of nitrogens with two attached hydrogens (primary N) is 1. The van der Waals surface area contributed by atoms with Crippen LogP contribution in [-0.4, -0.2) is 5.91 Å². The number of nitrogens with one attached hydrogen (secondary N) is 1. The van der Waals surface area contributed by atoms with Crippen molar-refractivity contribution in [3.63, 3.8) is 0 Å². The van der Waals surface area contributed by atoms with Crippen molar-refractivity contribution in [1.82, 2.24) is 5.32 Å². The van der Waals surface area contributed by atoms with Crippen LogP contribution in [0.5, 0.6) is 0 Å². The summed E-state index contributed by atoms with van der Waals surface area (Å²) in [5, 5.41) is 3.38. The summed E-state index contributed by atoms with van der Waals surface area (Å²) in [6, 6.07) is 9.46. The van der Waals surface area contributed by atoms with E-state index in [4.69, 9.17) is 10.2 Å². The minimum Gasteiger partial charge on any atom is -0.468 e. The highest BCUT2D eigenvalue weighted by molar-refractivity contribution is 5.93. The Balaban J connectivity index is 2.02. The van der Waals surface area contributed by atoms with Crippen LogP contribution in [0.2, 0.25) is 0 Å². The molecule has 0 saturated carbocycles. The van der Waals surface area contributed by atoms with E-state index < -0.39 is 5.91 Å². The van der Waals surface area contributed by atoms with Crippen molar-refractivity contribution >= 4 is 5.91 Å². The number of aryl methyl sites for hydroxylation is 1. The first kappa shape index (κ1) is 13.4. The Morgan fingerprint density at radius 2 is 2.21 bits per heavy atom. The van der Waals surface area contributed by atoms with E-state index in [0.717, 1.165) is 16.9 Å². The maximum atomic E-state index is 11.1. The number of amides is 1. The molecule has 0 fully saturated rings. The van der Waals surface area contributed by atoms with E-state index in [-0.39, 0.29) is 6.04 Å². The van der Waals surface area contributed by atoms with Crippen molar-refractivity contribution < 1.29 is 9.21 Å². The minimum absolute atomic E-state index is 0.144. The number of hydrogen-bond donors (Lipinski definition) is 2. The van der Waals surface area contributed by atoms with Gasteiger partial charge in [0.05, 0.1) is 12.3 Å². The van der Waals surface area contributed by atoms with Crippen molar-refractivity contribution in [2.75, 3.05) is 0 Å². The molecule has 3 N–H and O–H groups in total. The van der Waals surface area contributed by atoms with E-state index >= 15 is 0 Å².